The molecule has 2 amide bonds. The minimum Gasteiger partial charge on any atom is -0.481 e. The minimum atomic E-state index is -0.700. The smallest absolute Gasteiger partial charge is 0.313 e. The van der Waals surface area contributed by atoms with Gasteiger partial charge in [-0.2, -0.15) is 4.98 Å². The number of rotatable bonds is 3. The zero-order chi connectivity index (χ0) is 17.8. The Morgan fingerprint density at radius 3 is 2.88 bits per heavy atom. The van der Waals surface area contributed by atoms with Crippen LogP contribution in [-0.4, -0.2) is 52.0 Å². The number of anilines is 1. The number of piperidine rings is 1. The number of carbonyl (C=O) groups excluding carboxylic acids is 2. The van der Waals surface area contributed by atoms with Crippen LogP contribution in [0.15, 0.2) is 22.9 Å². The second-order valence-electron chi connectivity index (χ2n) is 5.81. The van der Waals surface area contributed by atoms with Crippen LogP contribution in [0.5, 0.6) is 5.88 Å². The fraction of sp³-hybridized carbons (Fsp3) is 0.438. The molecule has 0 radical (unpaired) electrons. The average Bonchev–Trinajstić information content (AvgIpc) is 3.08. The molecule has 0 aromatic carbocycles. The van der Waals surface area contributed by atoms with Crippen molar-refractivity contribution < 1.29 is 18.8 Å². The molecule has 1 saturated heterocycles. The third-order valence-corrected chi connectivity index (χ3v) is 4.00. The minimum absolute atomic E-state index is 0.0469. The molecule has 2 aromatic heterocycles. The van der Waals surface area contributed by atoms with E-state index in [0.717, 1.165) is 12.8 Å². The van der Waals surface area contributed by atoms with E-state index in [2.05, 4.69) is 20.4 Å². The van der Waals surface area contributed by atoms with Crippen molar-refractivity contribution in [3.05, 3.63) is 30.0 Å². The number of hydrogen-bond acceptors (Lipinski definition) is 7. The second-order valence-corrected chi connectivity index (χ2v) is 5.81. The summed E-state index contributed by atoms with van der Waals surface area (Å²) in [6, 6.07) is 3.23. The van der Waals surface area contributed by atoms with E-state index in [1.54, 1.807) is 19.1 Å². The number of nitrogens with one attached hydrogen (secondary N) is 1. The highest BCUT2D eigenvalue weighted by Gasteiger charge is 2.31. The molecule has 0 bridgehead atoms. The van der Waals surface area contributed by atoms with Crippen LogP contribution in [0.1, 0.15) is 30.5 Å². The number of nitrogens with zero attached hydrogens (tertiary/aromatic N) is 4. The normalized spacial score (nSPS) is 17.2. The van der Waals surface area contributed by atoms with Crippen molar-refractivity contribution in [2.45, 2.75) is 25.7 Å². The molecule has 1 aliphatic rings. The van der Waals surface area contributed by atoms with Crippen molar-refractivity contribution in [3.63, 3.8) is 0 Å². The van der Waals surface area contributed by atoms with Crippen LogP contribution < -0.4 is 10.1 Å². The van der Waals surface area contributed by atoms with Crippen LogP contribution in [-0.2, 0) is 9.59 Å². The Balaban J connectivity index is 1.61. The summed E-state index contributed by atoms with van der Waals surface area (Å²) < 4.78 is 10.1. The zero-order valence-corrected chi connectivity index (χ0v) is 14.1. The average molecular weight is 345 g/mol. The standard InChI is InChI=1S/C16H19N5O4/c1-10-18-15(25-20-10)11-4-3-7-21(9-11)16(23)14(22)19-12-5-6-13(24-2)17-8-12/h5-6,8,11H,3-4,7,9H2,1-2H3,(H,19,22)/t11-/m0/s1. The predicted molar refractivity (Wildman–Crippen MR) is 87.0 cm³/mol. The van der Waals surface area contributed by atoms with Gasteiger partial charge in [0.1, 0.15) is 0 Å². The second kappa shape index (κ2) is 7.29. The van der Waals surface area contributed by atoms with E-state index in [9.17, 15) is 9.59 Å². The maximum Gasteiger partial charge on any atom is 0.313 e. The van der Waals surface area contributed by atoms with Crippen molar-refractivity contribution in [1.82, 2.24) is 20.0 Å². The van der Waals surface area contributed by atoms with E-state index in [1.807, 2.05) is 0 Å². The molecule has 0 spiro atoms. The molecule has 132 valence electrons. The predicted octanol–water partition coefficient (Wildman–Crippen LogP) is 1.13. The molecule has 9 heteroatoms. The van der Waals surface area contributed by atoms with E-state index in [1.165, 1.54) is 18.2 Å². The van der Waals surface area contributed by atoms with Gasteiger partial charge in [0.25, 0.3) is 0 Å². The van der Waals surface area contributed by atoms with Gasteiger partial charge in [-0.05, 0) is 25.8 Å². The van der Waals surface area contributed by atoms with Crippen LogP contribution in [0.25, 0.3) is 0 Å². The Morgan fingerprint density at radius 2 is 2.24 bits per heavy atom. The van der Waals surface area contributed by atoms with Gasteiger partial charge in [0.15, 0.2) is 5.82 Å². The van der Waals surface area contributed by atoms with Crippen molar-refractivity contribution in [1.29, 1.82) is 0 Å². The van der Waals surface area contributed by atoms with Gasteiger partial charge in [-0.15, -0.1) is 0 Å². The summed E-state index contributed by atoms with van der Waals surface area (Å²) in [6.45, 7) is 2.65. The van der Waals surface area contributed by atoms with Crippen LogP contribution in [0.4, 0.5) is 5.69 Å². The Kier molecular flexibility index (Phi) is 4.92. The monoisotopic (exact) mass is 345 g/mol. The molecule has 1 aliphatic heterocycles. The molecule has 0 unspecified atom stereocenters. The Labute approximate surface area is 144 Å². The van der Waals surface area contributed by atoms with Crippen LogP contribution in [0, 0.1) is 6.92 Å². The largest absolute Gasteiger partial charge is 0.481 e. The summed E-state index contributed by atoms with van der Waals surface area (Å²) in [5.41, 5.74) is 0.431. The number of methoxy groups -OCH3 is 1. The lowest BCUT2D eigenvalue weighted by Crippen LogP contribution is -2.44. The first-order chi connectivity index (χ1) is 12.1. The SMILES string of the molecule is COc1ccc(NC(=O)C(=O)N2CCC[C@H](c3nc(C)no3)C2)cn1. The Hall–Kier alpha value is -2.97. The lowest BCUT2D eigenvalue weighted by atomic mass is 9.98. The third kappa shape index (κ3) is 3.93. The molecule has 0 saturated carbocycles. The maximum absolute atomic E-state index is 12.4. The highest BCUT2D eigenvalue weighted by Crippen LogP contribution is 2.25. The van der Waals surface area contributed by atoms with Crippen LogP contribution in [0.2, 0.25) is 0 Å². The molecule has 9 nitrogen and oxygen atoms in total. The first kappa shape index (κ1) is 16.9. The summed E-state index contributed by atoms with van der Waals surface area (Å²) in [4.78, 5) is 34.3. The summed E-state index contributed by atoms with van der Waals surface area (Å²) in [6.07, 6.45) is 3.05. The number of carbonyl (C=O) groups is 2. The van der Waals surface area contributed by atoms with Crippen LogP contribution >= 0.6 is 0 Å². The maximum atomic E-state index is 12.4. The fourth-order valence-corrected chi connectivity index (χ4v) is 2.75. The van der Waals surface area contributed by atoms with Crippen molar-refractivity contribution in [2.75, 3.05) is 25.5 Å². The van der Waals surface area contributed by atoms with Crippen molar-refractivity contribution in [2.24, 2.45) is 0 Å². The summed E-state index contributed by atoms with van der Waals surface area (Å²) in [7, 11) is 1.50. The number of aromatic nitrogens is 3. The summed E-state index contributed by atoms with van der Waals surface area (Å²) in [5, 5.41) is 6.33. The third-order valence-electron chi connectivity index (χ3n) is 4.00. The molecule has 3 heterocycles. The number of aryl methyl sites for hydroxylation is 1. The van der Waals surface area contributed by atoms with Gasteiger partial charge < -0.3 is 19.5 Å². The summed E-state index contributed by atoms with van der Waals surface area (Å²) in [5.74, 6) is 0.163. The van der Waals surface area contributed by atoms with E-state index < -0.39 is 11.8 Å². The van der Waals surface area contributed by atoms with Gasteiger partial charge in [0, 0.05) is 19.2 Å². The van der Waals surface area contributed by atoms with Gasteiger partial charge in [-0.1, -0.05) is 5.16 Å². The highest BCUT2D eigenvalue weighted by molar-refractivity contribution is 6.39. The molecule has 1 atom stereocenters. The molecular formula is C16H19N5O4. The van der Waals surface area contributed by atoms with Crippen LogP contribution in [0.3, 0.4) is 0 Å². The summed E-state index contributed by atoms with van der Waals surface area (Å²) >= 11 is 0. The number of likely N-dealkylation sites (tertiary alicyclic amines) is 1. The fourth-order valence-electron chi connectivity index (χ4n) is 2.75. The van der Waals surface area contributed by atoms with E-state index in [4.69, 9.17) is 9.26 Å². The van der Waals surface area contributed by atoms with Gasteiger partial charge in [-0.3, -0.25) is 9.59 Å². The van der Waals surface area contributed by atoms with Gasteiger partial charge in [-0.25, -0.2) is 4.98 Å². The number of hydrogen-bond donors (Lipinski definition) is 1. The van der Waals surface area contributed by atoms with E-state index >= 15 is 0 Å². The zero-order valence-electron chi connectivity index (χ0n) is 14.1. The highest BCUT2D eigenvalue weighted by atomic mass is 16.5. The van der Waals surface area contributed by atoms with E-state index in [0.29, 0.717) is 36.4 Å². The quantitative estimate of drug-likeness (QED) is 0.830. The van der Waals surface area contributed by atoms with Gasteiger partial charge >= 0.3 is 11.8 Å². The van der Waals surface area contributed by atoms with Gasteiger partial charge in [0.2, 0.25) is 11.8 Å². The molecule has 2 aromatic rings. The molecule has 0 aliphatic carbocycles. The molecule has 1 fully saturated rings. The van der Waals surface area contributed by atoms with Gasteiger partial charge in [0.05, 0.1) is 24.9 Å². The lowest BCUT2D eigenvalue weighted by molar-refractivity contribution is -0.144. The lowest BCUT2D eigenvalue weighted by Gasteiger charge is -2.30. The number of pyridine rings is 1. The Morgan fingerprint density at radius 1 is 1.40 bits per heavy atom. The first-order valence-corrected chi connectivity index (χ1v) is 7.97. The Bertz CT molecular complexity index is 758. The van der Waals surface area contributed by atoms with Crippen molar-refractivity contribution >= 4 is 17.5 Å². The molecule has 3 rings (SSSR count). The number of amides is 2. The molecular weight excluding hydrogens is 326 g/mol. The molecule has 1 N–H and O–H groups in total. The molecule has 25 heavy (non-hydrogen) atoms. The van der Waals surface area contributed by atoms with Crippen molar-refractivity contribution in [3.8, 4) is 5.88 Å². The van der Waals surface area contributed by atoms with E-state index in [-0.39, 0.29) is 5.92 Å². The number of ether oxygens (including phenoxy) is 1. The topological polar surface area (TPSA) is 110 Å². The first-order valence-electron chi connectivity index (χ1n) is 7.97.